The highest BCUT2D eigenvalue weighted by molar-refractivity contribution is 7.99. The predicted octanol–water partition coefficient (Wildman–Crippen LogP) is 3.40. The number of aromatic nitrogens is 2. The highest BCUT2D eigenvalue weighted by Crippen LogP contribution is 2.24. The van der Waals surface area contributed by atoms with Gasteiger partial charge >= 0.3 is 0 Å². The number of hydrogen-bond acceptors (Lipinski definition) is 4. The summed E-state index contributed by atoms with van der Waals surface area (Å²) < 4.78 is 2.13. The summed E-state index contributed by atoms with van der Waals surface area (Å²) in [5.74, 6) is 1.12. The Morgan fingerprint density at radius 3 is 2.67 bits per heavy atom. The molecule has 0 spiro atoms. The highest BCUT2D eigenvalue weighted by atomic mass is 32.2. The van der Waals surface area contributed by atoms with Gasteiger partial charge in [-0.25, -0.2) is 4.98 Å². The molecule has 6 heteroatoms. The fourth-order valence-electron chi connectivity index (χ4n) is 3.54. The van der Waals surface area contributed by atoms with Gasteiger partial charge in [0.2, 0.25) is 0 Å². The molecule has 2 aromatic heterocycles. The lowest BCUT2D eigenvalue weighted by atomic mass is 10.1. The third-order valence-corrected chi connectivity index (χ3v) is 5.91. The van der Waals surface area contributed by atoms with Crippen molar-refractivity contribution >= 4 is 23.3 Å². The van der Waals surface area contributed by atoms with E-state index in [9.17, 15) is 4.79 Å². The Bertz CT molecular complexity index is 931. The molecule has 0 atom stereocenters. The fourth-order valence-corrected chi connectivity index (χ4v) is 4.33. The van der Waals surface area contributed by atoms with Crippen LogP contribution in [0.3, 0.4) is 0 Å². The Morgan fingerprint density at radius 2 is 1.85 bits per heavy atom. The number of imidazole rings is 1. The molecule has 1 aliphatic rings. The van der Waals surface area contributed by atoms with Gasteiger partial charge in [-0.05, 0) is 30.0 Å². The van der Waals surface area contributed by atoms with Gasteiger partial charge in [-0.15, -0.1) is 11.8 Å². The Labute approximate surface area is 164 Å². The van der Waals surface area contributed by atoms with Crippen LogP contribution in [-0.4, -0.2) is 57.0 Å². The second kappa shape index (κ2) is 8.15. The minimum atomic E-state index is 0.154. The molecule has 1 fully saturated rings. The SMILES string of the molecule is CCSc1ccccc1C(=O)N1CCN(Cc2cnc3ccccn23)CC1. The van der Waals surface area contributed by atoms with Crippen molar-refractivity contribution in [2.75, 3.05) is 31.9 Å². The summed E-state index contributed by atoms with van der Waals surface area (Å²) in [5, 5.41) is 0. The van der Waals surface area contributed by atoms with Crippen LogP contribution in [0.2, 0.25) is 0 Å². The maximum absolute atomic E-state index is 13.0. The summed E-state index contributed by atoms with van der Waals surface area (Å²) in [4.78, 5) is 22.9. The van der Waals surface area contributed by atoms with Crippen LogP contribution in [0.15, 0.2) is 59.8 Å². The lowest BCUT2D eigenvalue weighted by molar-refractivity contribution is 0.0623. The number of carbonyl (C=O) groups is 1. The number of benzene rings is 1. The number of amides is 1. The van der Waals surface area contributed by atoms with Gasteiger partial charge in [0, 0.05) is 43.8 Å². The van der Waals surface area contributed by atoms with Crippen LogP contribution in [0.4, 0.5) is 0 Å². The van der Waals surface area contributed by atoms with Gasteiger partial charge in [-0.1, -0.05) is 25.1 Å². The first kappa shape index (κ1) is 18.1. The minimum Gasteiger partial charge on any atom is -0.336 e. The van der Waals surface area contributed by atoms with E-state index >= 15 is 0 Å². The van der Waals surface area contributed by atoms with Gasteiger partial charge in [0.15, 0.2) is 0 Å². The highest BCUT2D eigenvalue weighted by Gasteiger charge is 2.24. The van der Waals surface area contributed by atoms with Gasteiger partial charge in [0.1, 0.15) is 5.65 Å². The van der Waals surface area contributed by atoms with Gasteiger partial charge < -0.3 is 9.30 Å². The molecule has 140 valence electrons. The van der Waals surface area contributed by atoms with E-state index in [1.54, 1.807) is 11.8 Å². The molecule has 0 saturated carbocycles. The van der Waals surface area contributed by atoms with Crippen molar-refractivity contribution in [1.82, 2.24) is 19.2 Å². The number of rotatable bonds is 5. The van der Waals surface area contributed by atoms with Crippen molar-refractivity contribution in [3.05, 3.63) is 66.1 Å². The Kier molecular flexibility index (Phi) is 5.45. The first-order valence-electron chi connectivity index (χ1n) is 9.40. The molecule has 0 aliphatic carbocycles. The second-order valence-corrected chi connectivity index (χ2v) is 7.98. The van der Waals surface area contributed by atoms with E-state index in [0.717, 1.165) is 54.6 Å². The van der Waals surface area contributed by atoms with E-state index in [-0.39, 0.29) is 5.91 Å². The van der Waals surface area contributed by atoms with Crippen molar-refractivity contribution < 1.29 is 4.79 Å². The zero-order valence-corrected chi connectivity index (χ0v) is 16.4. The largest absolute Gasteiger partial charge is 0.336 e. The number of carbonyl (C=O) groups excluding carboxylic acids is 1. The van der Waals surface area contributed by atoms with Crippen molar-refractivity contribution in [1.29, 1.82) is 0 Å². The van der Waals surface area contributed by atoms with Crippen LogP contribution in [0.25, 0.3) is 5.65 Å². The Hall–Kier alpha value is -2.31. The van der Waals surface area contributed by atoms with E-state index in [1.807, 2.05) is 53.6 Å². The molecular formula is C21H24N4OS. The summed E-state index contributed by atoms with van der Waals surface area (Å²) in [6, 6.07) is 14.0. The number of pyridine rings is 1. The van der Waals surface area contributed by atoms with Crippen molar-refractivity contribution in [3.8, 4) is 0 Å². The molecule has 0 N–H and O–H groups in total. The molecular weight excluding hydrogens is 356 g/mol. The standard InChI is InChI=1S/C21H24N4OS/c1-2-27-19-8-4-3-7-18(19)21(26)24-13-11-23(12-14-24)16-17-15-22-20-9-5-6-10-25(17)20/h3-10,15H,2,11-14,16H2,1H3. The number of thioether (sulfide) groups is 1. The van der Waals surface area contributed by atoms with Gasteiger partial charge in [-0.3, -0.25) is 9.69 Å². The monoisotopic (exact) mass is 380 g/mol. The molecule has 4 rings (SSSR count). The van der Waals surface area contributed by atoms with E-state index in [0.29, 0.717) is 0 Å². The third kappa shape index (κ3) is 3.87. The second-order valence-electron chi connectivity index (χ2n) is 6.68. The molecule has 1 aliphatic heterocycles. The van der Waals surface area contributed by atoms with Crippen LogP contribution < -0.4 is 0 Å². The third-order valence-electron chi connectivity index (χ3n) is 4.96. The normalized spacial score (nSPS) is 15.4. The molecule has 0 unspecified atom stereocenters. The average Bonchev–Trinajstić information content (AvgIpc) is 3.12. The lowest BCUT2D eigenvalue weighted by Crippen LogP contribution is -2.48. The van der Waals surface area contributed by atoms with Crippen LogP contribution in [0.1, 0.15) is 23.0 Å². The zero-order chi connectivity index (χ0) is 18.6. The minimum absolute atomic E-state index is 0.154. The smallest absolute Gasteiger partial charge is 0.255 e. The first-order chi connectivity index (χ1) is 13.3. The maximum atomic E-state index is 13.0. The molecule has 1 amide bonds. The molecule has 1 saturated heterocycles. The Balaban J connectivity index is 1.40. The number of nitrogens with zero attached hydrogens (tertiary/aromatic N) is 4. The topological polar surface area (TPSA) is 40.9 Å². The summed E-state index contributed by atoms with van der Waals surface area (Å²) in [7, 11) is 0. The summed E-state index contributed by atoms with van der Waals surface area (Å²) in [5.41, 5.74) is 3.00. The van der Waals surface area contributed by atoms with Gasteiger partial charge in [-0.2, -0.15) is 0 Å². The summed E-state index contributed by atoms with van der Waals surface area (Å²) in [6.45, 7) is 6.27. The molecule has 0 bridgehead atoms. The molecule has 1 aromatic carbocycles. The van der Waals surface area contributed by atoms with Crippen molar-refractivity contribution in [3.63, 3.8) is 0 Å². The molecule has 0 radical (unpaired) electrons. The van der Waals surface area contributed by atoms with Crippen LogP contribution in [-0.2, 0) is 6.54 Å². The summed E-state index contributed by atoms with van der Waals surface area (Å²) in [6.07, 6.45) is 4.00. The van der Waals surface area contributed by atoms with Crippen LogP contribution in [0, 0.1) is 0 Å². The molecule has 5 nitrogen and oxygen atoms in total. The van der Waals surface area contributed by atoms with E-state index in [4.69, 9.17) is 0 Å². The Morgan fingerprint density at radius 1 is 1.07 bits per heavy atom. The van der Waals surface area contributed by atoms with E-state index in [1.165, 1.54) is 5.69 Å². The van der Waals surface area contributed by atoms with Crippen LogP contribution in [0.5, 0.6) is 0 Å². The molecule has 3 heterocycles. The predicted molar refractivity (Wildman–Crippen MR) is 109 cm³/mol. The number of hydrogen-bond donors (Lipinski definition) is 0. The van der Waals surface area contributed by atoms with Crippen molar-refractivity contribution in [2.24, 2.45) is 0 Å². The molecule has 27 heavy (non-hydrogen) atoms. The average molecular weight is 381 g/mol. The number of piperazine rings is 1. The van der Waals surface area contributed by atoms with E-state index < -0.39 is 0 Å². The van der Waals surface area contributed by atoms with Gasteiger partial charge in [0.05, 0.1) is 17.5 Å². The van der Waals surface area contributed by atoms with Crippen LogP contribution >= 0.6 is 11.8 Å². The quantitative estimate of drug-likeness (QED) is 0.636. The summed E-state index contributed by atoms with van der Waals surface area (Å²) >= 11 is 1.73. The zero-order valence-electron chi connectivity index (χ0n) is 15.5. The fraction of sp³-hybridized carbons (Fsp3) is 0.333. The van der Waals surface area contributed by atoms with Gasteiger partial charge in [0.25, 0.3) is 5.91 Å². The number of fused-ring (bicyclic) bond motifs is 1. The van der Waals surface area contributed by atoms with E-state index in [2.05, 4.69) is 27.4 Å². The maximum Gasteiger partial charge on any atom is 0.255 e. The first-order valence-corrected chi connectivity index (χ1v) is 10.4. The lowest BCUT2D eigenvalue weighted by Gasteiger charge is -2.34. The molecule has 3 aromatic rings. The van der Waals surface area contributed by atoms with Crippen molar-refractivity contribution in [2.45, 2.75) is 18.4 Å².